The second kappa shape index (κ2) is 6.12. The van der Waals surface area contributed by atoms with Gasteiger partial charge in [0.15, 0.2) is 5.13 Å². The van der Waals surface area contributed by atoms with Gasteiger partial charge in [-0.05, 0) is 30.6 Å². The van der Waals surface area contributed by atoms with Crippen molar-refractivity contribution < 1.29 is 9.90 Å². The molecule has 1 saturated heterocycles. The van der Waals surface area contributed by atoms with Crippen molar-refractivity contribution in [3.63, 3.8) is 0 Å². The Balaban J connectivity index is 2.27. The molecule has 0 saturated carbocycles. The van der Waals surface area contributed by atoms with E-state index in [1.54, 1.807) is 0 Å². The maximum Gasteiger partial charge on any atom is 0.347 e. The highest BCUT2D eigenvalue weighted by molar-refractivity contribution is 7.17. The summed E-state index contributed by atoms with van der Waals surface area (Å²) in [4.78, 5) is 18.7. The van der Waals surface area contributed by atoms with Crippen molar-refractivity contribution in [3.05, 3.63) is 10.6 Å². The van der Waals surface area contributed by atoms with E-state index < -0.39 is 5.97 Å². The number of carbonyl (C=O) groups is 1. The zero-order valence-corrected chi connectivity index (χ0v) is 13.5. The van der Waals surface area contributed by atoms with E-state index in [9.17, 15) is 9.90 Å². The maximum absolute atomic E-state index is 11.4. The van der Waals surface area contributed by atoms with Crippen LogP contribution in [0.5, 0.6) is 0 Å². The van der Waals surface area contributed by atoms with Crippen LogP contribution in [0.2, 0.25) is 0 Å². The molecule has 5 heteroatoms. The van der Waals surface area contributed by atoms with Crippen molar-refractivity contribution >= 4 is 22.4 Å². The Bertz CT molecular complexity index is 486. The van der Waals surface area contributed by atoms with Crippen LogP contribution in [0, 0.1) is 11.8 Å². The molecule has 3 unspecified atom stereocenters. The number of hydrogen-bond donors (Lipinski definition) is 1. The predicted octanol–water partition coefficient (Wildman–Crippen LogP) is 3.84. The van der Waals surface area contributed by atoms with Crippen LogP contribution >= 0.6 is 11.3 Å². The molecule has 0 radical (unpaired) electrons. The molecule has 3 atom stereocenters. The third kappa shape index (κ3) is 2.97. The fraction of sp³-hybridized carbons (Fsp3) is 0.733. The number of thiazole rings is 1. The highest BCUT2D eigenvalue weighted by atomic mass is 32.1. The molecule has 0 spiro atoms. The zero-order chi connectivity index (χ0) is 14.9. The van der Waals surface area contributed by atoms with E-state index in [0.29, 0.717) is 10.8 Å². The van der Waals surface area contributed by atoms with Gasteiger partial charge in [-0.1, -0.05) is 39.0 Å². The molecule has 2 rings (SSSR count). The molecule has 0 amide bonds. The van der Waals surface area contributed by atoms with Crippen molar-refractivity contribution in [3.8, 4) is 0 Å². The number of aromatic carboxylic acids is 1. The summed E-state index contributed by atoms with van der Waals surface area (Å²) in [5, 5.41) is 10.3. The van der Waals surface area contributed by atoms with Gasteiger partial charge in [0, 0.05) is 13.1 Å². The minimum atomic E-state index is -0.845. The summed E-state index contributed by atoms with van der Waals surface area (Å²) in [6.07, 6.45) is 2.07. The van der Waals surface area contributed by atoms with Gasteiger partial charge in [0.05, 0.1) is 5.69 Å². The Morgan fingerprint density at radius 3 is 2.75 bits per heavy atom. The number of anilines is 1. The Labute approximate surface area is 124 Å². The van der Waals surface area contributed by atoms with Crippen LogP contribution in [0.25, 0.3) is 0 Å². The third-order valence-corrected chi connectivity index (χ3v) is 5.64. The molecule has 2 heterocycles. The summed E-state index contributed by atoms with van der Waals surface area (Å²) in [6, 6.07) is 0. The van der Waals surface area contributed by atoms with E-state index in [2.05, 4.69) is 30.7 Å². The molecule has 1 aromatic rings. The monoisotopic (exact) mass is 296 g/mol. The SMILES string of the molecule is CCC(C)c1nc(N2CCC(C)C(C)C2)sc1C(=O)O. The lowest BCUT2D eigenvalue weighted by Gasteiger charge is -2.35. The number of rotatable bonds is 4. The second-order valence-corrected chi connectivity index (χ2v) is 6.99. The first-order valence-corrected chi connectivity index (χ1v) is 8.24. The van der Waals surface area contributed by atoms with Gasteiger partial charge < -0.3 is 10.0 Å². The van der Waals surface area contributed by atoms with Gasteiger partial charge in [-0.3, -0.25) is 0 Å². The van der Waals surface area contributed by atoms with Gasteiger partial charge in [0.1, 0.15) is 4.88 Å². The van der Waals surface area contributed by atoms with Gasteiger partial charge >= 0.3 is 5.97 Å². The largest absolute Gasteiger partial charge is 0.477 e. The Hall–Kier alpha value is -1.10. The number of hydrogen-bond acceptors (Lipinski definition) is 4. The molecule has 1 aliphatic heterocycles. The highest BCUT2D eigenvalue weighted by Gasteiger charge is 2.28. The van der Waals surface area contributed by atoms with Gasteiger partial charge in [-0.15, -0.1) is 0 Å². The van der Waals surface area contributed by atoms with Crippen LogP contribution < -0.4 is 4.90 Å². The predicted molar refractivity (Wildman–Crippen MR) is 82.9 cm³/mol. The first-order chi connectivity index (χ1) is 9.43. The van der Waals surface area contributed by atoms with Crippen LogP contribution in [0.15, 0.2) is 0 Å². The number of nitrogens with zero attached hydrogens (tertiary/aromatic N) is 2. The average molecular weight is 296 g/mol. The maximum atomic E-state index is 11.4. The summed E-state index contributed by atoms with van der Waals surface area (Å²) >= 11 is 1.34. The van der Waals surface area contributed by atoms with Crippen molar-refractivity contribution in [1.29, 1.82) is 0 Å². The Morgan fingerprint density at radius 1 is 1.50 bits per heavy atom. The first kappa shape index (κ1) is 15.3. The van der Waals surface area contributed by atoms with Crippen molar-refractivity contribution in [2.75, 3.05) is 18.0 Å². The number of carboxylic acid groups (broad SMARTS) is 1. The summed E-state index contributed by atoms with van der Waals surface area (Å²) in [5.74, 6) is 0.724. The molecule has 4 nitrogen and oxygen atoms in total. The minimum Gasteiger partial charge on any atom is -0.477 e. The molecule has 1 aromatic heterocycles. The highest BCUT2D eigenvalue weighted by Crippen LogP contribution is 2.35. The lowest BCUT2D eigenvalue weighted by molar-refractivity contribution is 0.0700. The molecule has 20 heavy (non-hydrogen) atoms. The van der Waals surface area contributed by atoms with Crippen LogP contribution in [-0.4, -0.2) is 29.1 Å². The zero-order valence-electron chi connectivity index (χ0n) is 12.7. The lowest BCUT2D eigenvalue weighted by atomic mass is 9.89. The topological polar surface area (TPSA) is 53.4 Å². The van der Waals surface area contributed by atoms with Gasteiger partial charge in [-0.25, -0.2) is 9.78 Å². The van der Waals surface area contributed by atoms with Crippen LogP contribution in [0.4, 0.5) is 5.13 Å². The molecule has 1 aliphatic rings. The lowest BCUT2D eigenvalue weighted by Crippen LogP contribution is -2.38. The normalized spacial score (nSPS) is 24.7. The van der Waals surface area contributed by atoms with E-state index in [1.807, 2.05) is 6.92 Å². The molecule has 0 aliphatic carbocycles. The van der Waals surface area contributed by atoms with Gasteiger partial charge in [-0.2, -0.15) is 0 Å². The summed E-state index contributed by atoms with van der Waals surface area (Å²) in [6.45, 7) is 10.6. The number of aromatic nitrogens is 1. The van der Waals surface area contributed by atoms with Crippen LogP contribution in [0.3, 0.4) is 0 Å². The van der Waals surface area contributed by atoms with Crippen molar-refractivity contribution in [2.24, 2.45) is 11.8 Å². The van der Waals surface area contributed by atoms with E-state index in [1.165, 1.54) is 11.3 Å². The third-order valence-electron chi connectivity index (χ3n) is 4.52. The smallest absolute Gasteiger partial charge is 0.347 e. The standard InChI is InChI=1S/C15H24N2O2S/c1-5-9(2)12-13(14(18)19)20-15(16-12)17-7-6-10(3)11(4)8-17/h9-11H,5-8H2,1-4H3,(H,18,19). The Kier molecular flexibility index (Phi) is 4.68. The molecule has 1 N–H and O–H groups in total. The number of piperidine rings is 1. The number of carboxylic acids is 1. The van der Waals surface area contributed by atoms with Crippen LogP contribution in [-0.2, 0) is 0 Å². The summed E-state index contributed by atoms with van der Waals surface area (Å²) < 4.78 is 0. The van der Waals surface area contributed by atoms with Crippen molar-refractivity contribution in [1.82, 2.24) is 4.98 Å². The van der Waals surface area contributed by atoms with E-state index >= 15 is 0 Å². The summed E-state index contributed by atoms with van der Waals surface area (Å²) in [5.41, 5.74) is 0.756. The fourth-order valence-electron chi connectivity index (χ4n) is 2.57. The van der Waals surface area contributed by atoms with E-state index in [0.717, 1.165) is 42.7 Å². The van der Waals surface area contributed by atoms with Crippen molar-refractivity contribution in [2.45, 2.75) is 46.5 Å². The molecule has 0 aromatic carbocycles. The van der Waals surface area contributed by atoms with Gasteiger partial charge in [0.25, 0.3) is 0 Å². The first-order valence-electron chi connectivity index (χ1n) is 7.43. The molecular formula is C15H24N2O2S. The fourth-order valence-corrected chi connectivity index (χ4v) is 3.63. The average Bonchev–Trinajstić information content (AvgIpc) is 2.86. The van der Waals surface area contributed by atoms with E-state index in [4.69, 9.17) is 0 Å². The van der Waals surface area contributed by atoms with Crippen LogP contribution in [0.1, 0.15) is 61.8 Å². The molecule has 1 fully saturated rings. The molecular weight excluding hydrogens is 272 g/mol. The quantitative estimate of drug-likeness (QED) is 0.917. The summed E-state index contributed by atoms with van der Waals surface area (Å²) in [7, 11) is 0. The Morgan fingerprint density at radius 2 is 2.20 bits per heavy atom. The minimum absolute atomic E-state index is 0.201. The second-order valence-electron chi connectivity index (χ2n) is 6.01. The van der Waals surface area contributed by atoms with Gasteiger partial charge in [0.2, 0.25) is 0 Å². The van der Waals surface area contributed by atoms with E-state index in [-0.39, 0.29) is 5.92 Å². The molecule has 112 valence electrons. The molecule has 0 bridgehead atoms.